The smallest absolute Gasteiger partial charge is 0.168 e. The van der Waals surface area contributed by atoms with Crippen molar-refractivity contribution in [3.63, 3.8) is 0 Å². The minimum atomic E-state index is -0.944. The van der Waals surface area contributed by atoms with E-state index >= 15 is 0 Å². The summed E-state index contributed by atoms with van der Waals surface area (Å²) in [6, 6.07) is 0.759. The number of halogens is 2. The van der Waals surface area contributed by atoms with Crippen LogP contribution in [0.25, 0.3) is 0 Å². The molecule has 1 fully saturated rings. The molecular formula is C12H17F2N3O2. The highest BCUT2D eigenvalue weighted by molar-refractivity contribution is 5.47. The average molecular weight is 273 g/mol. The van der Waals surface area contributed by atoms with Gasteiger partial charge in [0.15, 0.2) is 23.3 Å². The number of hydrogen-bond donors (Lipinski definition) is 3. The molecule has 0 spiro atoms. The van der Waals surface area contributed by atoms with E-state index < -0.39 is 17.2 Å². The second kappa shape index (κ2) is 5.66. The zero-order chi connectivity index (χ0) is 13.9. The lowest BCUT2D eigenvalue weighted by Gasteiger charge is -2.32. The molecule has 0 amide bonds. The molecule has 19 heavy (non-hydrogen) atoms. The first-order chi connectivity index (χ1) is 9.04. The fourth-order valence-corrected chi connectivity index (χ4v) is 1.94. The molecular weight excluding hydrogens is 256 g/mol. The third-order valence-electron chi connectivity index (χ3n) is 3.17. The Hall–Kier alpha value is -1.47. The molecule has 0 aromatic carbocycles. The third-order valence-corrected chi connectivity index (χ3v) is 3.17. The Bertz CT molecular complexity index is 451. The van der Waals surface area contributed by atoms with Crippen LogP contribution in [0.5, 0.6) is 0 Å². The van der Waals surface area contributed by atoms with Crippen molar-refractivity contribution in [1.82, 2.24) is 4.98 Å². The van der Waals surface area contributed by atoms with Gasteiger partial charge in [0.1, 0.15) is 0 Å². The van der Waals surface area contributed by atoms with Gasteiger partial charge in [-0.2, -0.15) is 0 Å². The molecule has 5 nitrogen and oxygen atoms in total. The van der Waals surface area contributed by atoms with E-state index in [1.165, 1.54) is 7.05 Å². The molecule has 0 radical (unpaired) electrons. The van der Waals surface area contributed by atoms with Crippen molar-refractivity contribution >= 4 is 11.6 Å². The molecule has 3 N–H and O–H groups in total. The van der Waals surface area contributed by atoms with Crippen molar-refractivity contribution in [3.8, 4) is 0 Å². The molecule has 1 aromatic rings. The predicted octanol–water partition coefficient (Wildman–Crippen LogP) is 1.35. The third kappa shape index (κ3) is 3.30. The summed E-state index contributed by atoms with van der Waals surface area (Å²) in [6.45, 7) is 1.09. The summed E-state index contributed by atoms with van der Waals surface area (Å²) in [5, 5.41) is 15.5. The van der Waals surface area contributed by atoms with Crippen molar-refractivity contribution in [2.75, 3.05) is 37.4 Å². The van der Waals surface area contributed by atoms with E-state index in [-0.39, 0.29) is 18.2 Å². The van der Waals surface area contributed by atoms with Gasteiger partial charge in [0, 0.05) is 45.7 Å². The van der Waals surface area contributed by atoms with Crippen LogP contribution >= 0.6 is 0 Å². The second-order valence-electron chi connectivity index (χ2n) is 4.59. The molecule has 1 aromatic heterocycles. The molecule has 0 aliphatic carbocycles. The van der Waals surface area contributed by atoms with E-state index in [1.807, 2.05) is 0 Å². The minimum Gasteiger partial charge on any atom is -0.388 e. The molecule has 7 heteroatoms. The Balaban J connectivity index is 2.06. The molecule has 1 saturated heterocycles. The topological polar surface area (TPSA) is 66.4 Å². The Morgan fingerprint density at radius 1 is 1.32 bits per heavy atom. The number of pyridine rings is 1. The van der Waals surface area contributed by atoms with Crippen molar-refractivity contribution in [2.24, 2.45) is 0 Å². The van der Waals surface area contributed by atoms with Crippen LogP contribution in [0, 0.1) is 11.6 Å². The summed E-state index contributed by atoms with van der Waals surface area (Å²) in [7, 11) is 1.50. The van der Waals surface area contributed by atoms with Gasteiger partial charge in [-0.3, -0.25) is 0 Å². The Morgan fingerprint density at radius 2 is 1.95 bits per heavy atom. The van der Waals surface area contributed by atoms with Crippen molar-refractivity contribution in [2.45, 2.75) is 18.4 Å². The van der Waals surface area contributed by atoms with Gasteiger partial charge in [-0.05, 0) is 0 Å². The standard InChI is InChI=1S/C12H17F2N3O2/c1-15-10-8(13)6-9(14)11(17-10)16-7-12(18)2-4-19-5-3-12/h6,18H,2-5,7H2,1H3,(H2,15,16,17). The van der Waals surface area contributed by atoms with Gasteiger partial charge < -0.3 is 20.5 Å². The summed E-state index contributed by atoms with van der Waals surface area (Å²) in [6.07, 6.45) is 0.948. The number of ether oxygens (including phenoxy) is 1. The average Bonchev–Trinajstić information content (AvgIpc) is 2.39. The van der Waals surface area contributed by atoms with Gasteiger partial charge in [-0.25, -0.2) is 13.8 Å². The first kappa shape index (κ1) is 14.0. The number of nitrogens with zero attached hydrogens (tertiary/aromatic N) is 1. The lowest BCUT2D eigenvalue weighted by Crippen LogP contribution is -2.42. The highest BCUT2D eigenvalue weighted by Crippen LogP contribution is 2.23. The van der Waals surface area contributed by atoms with E-state index in [0.717, 1.165) is 6.07 Å². The molecule has 0 saturated carbocycles. The molecule has 0 bridgehead atoms. The first-order valence-electron chi connectivity index (χ1n) is 6.12. The number of anilines is 2. The normalized spacial score (nSPS) is 18.1. The first-order valence-corrected chi connectivity index (χ1v) is 6.12. The van der Waals surface area contributed by atoms with Gasteiger partial charge >= 0.3 is 0 Å². The lowest BCUT2D eigenvalue weighted by atomic mass is 9.94. The van der Waals surface area contributed by atoms with Gasteiger partial charge in [0.2, 0.25) is 0 Å². The molecule has 2 heterocycles. The summed E-state index contributed by atoms with van der Waals surface area (Å²) >= 11 is 0. The highest BCUT2D eigenvalue weighted by Gasteiger charge is 2.30. The quantitative estimate of drug-likeness (QED) is 0.773. The number of hydrogen-bond acceptors (Lipinski definition) is 5. The van der Waals surface area contributed by atoms with Crippen molar-refractivity contribution < 1.29 is 18.6 Å². The molecule has 1 aliphatic heterocycles. The monoisotopic (exact) mass is 273 g/mol. The number of aliphatic hydroxyl groups is 1. The zero-order valence-corrected chi connectivity index (χ0v) is 10.7. The maximum Gasteiger partial charge on any atom is 0.168 e. The van der Waals surface area contributed by atoms with E-state index in [4.69, 9.17) is 4.74 Å². The molecule has 2 rings (SSSR count). The van der Waals surface area contributed by atoms with E-state index in [0.29, 0.717) is 26.1 Å². The Kier molecular flexibility index (Phi) is 4.16. The fourth-order valence-electron chi connectivity index (χ4n) is 1.94. The van der Waals surface area contributed by atoms with Gasteiger partial charge in [-0.1, -0.05) is 0 Å². The number of nitrogens with one attached hydrogen (secondary N) is 2. The van der Waals surface area contributed by atoms with Crippen LogP contribution in [0.2, 0.25) is 0 Å². The van der Waals surface area contributed by atoms with Gasteiger partial charge in [-0.15, -0.1) is 0 Å². The fraction of sp³-hybridized carbons (Fsp3) is 0.583. The lowest BCUT2D eigenvalue weighted by molar-refractivity contribution is -0.0544. The maximum atomic E-state index is 13.5. The summed E-state index contributed by atoms with van der Waals surface area (Å²) in [5.41, 5.74) is -0.944. The van der Waals surface area contributed by atoms with Gasteiger partial charge in [0.05, 0.1) is 5.60 Å². The van der Waals surface area contributed by atoms with E-state index in [9.17, 15) is 13.9 Å². The SMILES string of the molecule is CNc1nc(NCC2(O)CCOCC2)c(F)cc1F. The maximum absolute atomic E-state index is 13.5. The summed E-state index contributed by atoms with van der Waals surface area (Å²) in [4.78, 5) is 3.79. The van der Waals surface area contributed by atoms with Crippen LogP contribution in [-0.2, 0) is 4.74 Å². The van der Waals surface area contributed by atoms with Gasteiger partial charge in [0.25, 0.3) is 0 Å². The van der Waals surface area contributed by atoms with Crippen molar-refractivity contribution in [3.05, 3.63) is 17.7 Å². The van der Waals surface area contributed by atoms with Crippen LogP contribution in [0.4, 0.5) is 20.4 Å². The van der Waals surface area contributed by atoms with Crippen LogP contribution in [-0.4, -0.2) is 42.5 Å². The molecule has 0 unspecified atom stereocenters. The highest BCUT2D eigenvalue weighted by atomic mass is 19.1. The largest absolute Gasteiger partial charge is 0.388 e. The van der Waals surface area contributed by atoms with Crippen molar-refractivity contribution in [1.29, 1.82) is 0 Å². The molecule has 1 aliphatic rings. The zero-order valence-electron chi connectivity index (χ0n) is 10.7. The Morgan fingerprint density at radius 3 is 2.58 bits per heavy atom. The summed E-state index contributed by atoms with van der Waals surface area (Å²) < 4.78 is 31.9. The van der Waals surface area contributed by atoms with E-state index in [1.54, 1.807) is 0 Å². The van der Waals surface area contributed by atoms with Crippen LogP contribution in [0.15, 0.2) is 6.07 Å². The number of aromatic nitrogens is 1. The molecule has 0 atom stereocenters. The van der Waals surface area contributed by atoms with Crippen LogP contribution in [0.1, 0.15) is 12.8 Å². The summed E-state index contributed by atoms with van der Waals surface area (Å²) in [5.74, 6) is -1.66. The van der Waals surface area contributed by atoms with E-state index in [2.05, 4.69) is 15.6 Å². The van der Waals surface area contributed by atoms with Crippen LogP contribution in [0.3, 0.4) is 0 Å². The minimum absolute atomic E-state index is 0.0390. The molecule has 106 valence electrons. The number of rotatable bonds is 4. The predicted molar refractivity (Wildman–Crippen MR) is 67.2 cm³/mol. The van der Waals surface area contributed by atoms with Crippen LogP contribution < -0.4 is 10.6 Å². The second-order valence-corrected chi connectivity index (χ2v) is 4.59. The Labute approximate surface area is 110 Å².